The minimum Gasteiger partial charge on any atom is -0.455 e. The Labute approximate surface area is 177 Å². The monoisotopic (exact) mass is 411 g/mol. The van der Waals surface area contributed by atoms with Crippen molar-refractivity contribution in [1.82, 2.24) is 9.78 Å². The maximum Gasteiger partial charge on any atom is 0.510 e. The zero-order valence-electron chi connectivity index (χ0n) is 18.4. The first-order valence-corrected chi connectivity index (χ1v) is 10.0. The number of benzene rings is 1. The van der Waals surface area contributed by atoms with Gasteiger partial charge in [-0.3, -0.25) is 9.67 Å². The van der Waals surface area contributed by atoms with Crippen LogP contribution < -0.4 is 0 Å². The van der Waals surface area contributed by atoms with E-state index < -0.39 is 6.16 Å². The molecule has 0 aliphatic carbocycles. The van der Waals surface area contributed by atoms with Crippen LogP contribution in [0.4, 0.5) is 4.79 Å². The number of aliphatic imine (C=N–C) groups is 1. The Kier molecular flexibility index (Phi) is 6.29. The molecule has 1 aliphatic rings. The predicted molar refractivity (Wildman–Crippen MR) is 116 cm³/mol. The van der Waals surface area contributed by atoms with E-state index in [1.807, 2.05) is 30.8 Å². The molecule has 0 bridgehead atoms. The molecule has 160 valence electrons. The molecule has 1 atom stereocenters. The Bertz CT molecular complexity index is 959. The van der Waals surface area contributed by atoms with Gasteiger partial charge in [0.15, 0.2) is 5.76 Å². The van der Waals surface area contributed by atoms with E-state index in [1.54, 1.807) is 0 Å². The summed E-state index contributed by atoms with van der Waals surface area (Å²) < 4.78 is 17.4. The van der Waals surface area contributed by atoms with E-state index in [-0.39, 0.29) is 18.2 Å². The number of aryl methyl sites for hydroxylation is 2. The predicted octanol–water partition coefficient (Wildman–Crippen LogP) is 4.59. The summed E-state index contributed by atoms with van der Waals surface area (Å²) in [6.45, 7) is 10.9. The number of hydrogen-bond acceptors (Lipinski definition) is 6. The van der Waals surface area contributed by atoms with E-state index in [2.05, 4.69) is 59.9 Å². The third kappa shape index (κ3) is 4.90. The molecule has 0 N–H and O–H groups in total. The molecule has 0 amide bonds. The second-order valence-corrected chi connectivity index (χ2v) is 8.16. The summed E-state index contributed by atoms with van der Waals surface area (Å²) in [6, 6.07) is 10.3. The van der Waals surface area contributed by atoms with Crippen molar-refractivity contribution >= 4 is 23.7 Å². The Morgan fingerprint density at radius 3 is 2.37 bits per heavy atom. The fourth-order valence-corrected chi connectivity index (χ4v) is 3.23. The summed E-state index contributed by atoms with van der Waals surface area (Å²) >= 11 is 0. The quantitative estimate of drug-likeness (QED) is 0.378. The molecule has 7 nitrogen and oxygen atoms in total. The second-order valence-electron chi connectivity index (χ2n) is 8.16. The van der Waals surface area contributed by atoms with Crippen molar-refractivity contribution in [3.05, 3.63) is 52.8 Å². The minimum atomic E-state index is -0.798. The van der Waals surface area contributed by atoms with Crippen molar-refractivity contribution in [2.45, 2.75) is 52.6 Å². The summed E-state index contributed by atoms with van der Waals surface area (Å²) in [6.07, 6.45) is 1.07. The Hall–Kier alpha value is -3.09. The third-order valence-corrected chi connectivity index (χ3v) is 4.88. The van der Waals surface area contributed by atoms with E-state index in [0.717, 1.165) is 22.5 Å². The molecule has 7 heteroatoms. The van der Waals surface area contributed by atoms with E-state index in [9.17, 15) is 4.79 Å². The summed E-state index contributed by atoms with van der Waals surface area (Å²) in [5.74, 6) is 0.590. The van der Waals surface area contributed by atoms with Gasteiger partial charge < -0.3 is 14.2 Å². The second kappa shape index (κ2) is 8.73. The van der Waals surface area contributed by atoms with Gasteiger partial charge >= 0.3 is 6.16 Å². The van der Waals surface area contributed by atoms with Gasteiger partial charge in [0.05, 0.1) is 12.8 Å². The summed E-state index contributed by atoms with van der Waals surface area (Å²) in [5.41, 5.74) is 4.91. The topological polar surface area (TPSA) is 74.9 Å². The lowest BCUT2D eigenvalue weighted by Crippen LogP contribution is -2.13. The SMILES string of the molecule is CCn1nc(C)cc1/C(OCOC(=O)OC)=C(/c1ccc(C(C)(C)C)cc1)C1C=N1. The van der Waals surface area contributed by atoms with Crippen molar-refractivity contribution in [3.63, 3.8) is 0 Å². The molecule has 1 aromatic carbocycles. The molecule has 0 saturated heterocycles. The maximum absolute atomic E-state index is 11.4. The zero-order valence-corrected chi connectivity index (χ0v) is 18.4. The van der Waals surface area contributed by atoms with Crippen molar-refractivity contribution < 1.29 is 19.0 Å². The van der Waals surface area contributed by atoms with Crippen LogP contribution in [0, 0.1) is 6.92 Å². The molecular formula is C23H29N3O4. The van der Waals surface area contributed by atoms with Crippen LogP contribution in [0.25, 0.3) is 11.3 Å². The molecule has 2 heterocycles. The smallest absolute Gasteiger partial charge is 0.455 e. The van der Waals surface area contributed by atoms with Crippen LogP contribution >= 0.6 is 0 Å². The van der Waals surface area contributed by atoms with Crippen LogP contribution in [-0.2, 0) is 26.2 Å². The van der Waals surface area contributed by atoms with E-state index in [4.69, 9.17) is 9.47 Å². The van der Waals surface area contributed by atoms with E-state index >= 15 is 0 Å². The van der Waals surface area contributed by atoms with Gasteiger partial charge in [-0.25, -0.2) is 4.79 Å². The summed E-state index contributed by atoms with van der Waals surface area (Å²) in [7, 11) is 1.26. The number of carbonyl (C=O) groups is 1. The minimum absolute atomic E-state index is 0.0596. The first-order chi connectivity index (χ1) is 14.2. The normalized spacial score (nSPS) is 16.1. The van der Waals surface area contributed by atoms with Crippen molar-refractivity contribution in [2.75, 3.05) is 13.9 Å². The first-order valence-electron chi connectivity index (χ1n) is 10.0. The standard InChI is InChI=1S/C23H29N3O4/c1-7-26-19(12-15(2)25-26)21(29-14-30-22(27)28-6)20(18-13-24-18)16-8-10-17(11-9-16)23(3,4)5/h8-13,18H,7,14H2,1-6H3/b21-20+. The van der Waals surface area contributed by atoms with Gasteiger partial charge in [0.2, 0.25) is 6.79 Å². The molecule has 30 heavy (non-hydrogen) atoms. The number of methoxy groups -OCH3 is 1. The highest BCUT2D eigenvalue weighted by atomic mass is 16.8. The molecule has 0 saturated carbocycles. The van der Waals surface area contributed by atoms with Crippen LogP contribution in [0.1, 0.15) is 50.2 Å². The summed E-state index contributed by atoms with van der Waals surface area (Å²) in [4.78, 5) is 15.8. The molecule has 1 aliphatic heterocycles. The van der Waals surface area contributed by atoms with Gasteiger partial charge in [-0.15, -0.1) is 0 Å². The lowest BCUT2D eigenvalue weighted by Gasteiger charge is -2.20. The first kappa shape index (κ1) is 21.6. The average Bonchev–Trinajstić information content (AvgIpc) is 3.47. The Balaban J connectivity index is 2.07. The van der Waals surface area contributed by atoms with E-state index in [0.29, 0.717) is 12.3 Å². The largest absolute Gasteiger partial charge is 0.510 e. The number of nitrogens with zero attached hydrogens (tertiary/aromatic N) is 3. The molecule has 0 radical (unpaired) electrons. The van der Waals surface area contributed by atoms with Crippen molar-refractivity contribution in [3.8, 4) is 0 Å². The van der Waals surface area contributed by atoms with Crippen LogP contribution in [0.2, 0.25) is 0 Å². The molecule has 3 rings (SSSR count). The third-order valence-electron chi connectivity index (χ3n) is 4.88. The highest BCUT2D eigenvalue weighted by Gasteiger charge is 2.29. The number of ether oxygens (including phenoxy) is 3. The van der Waals surface area contributed by atoms with Gasteiger partial charge in [0.1, 0.15) is 11.7 Å². The van der Waals surface area contributed by atoms with Crippen molar-refractivity contribution in [2.24, 2.45) is 4.99 Å². The molecule has 2 aromatic rings. The Morgan fingerprint density at radius 2 is 1.83 bits per heavy atom. The number of rotatable bonds is 7. The Morgan fingerprint density at radius 1 is 1.17 bits per heavy atom. The molecule has 1 unspecified atom stereocenters. The van der Waals surface area contributed by atoms with Gasteiger partial charge in [0.25, 0.3) is 0 Å². The van der Waals surface area contributed by atoms with Crippen LogP contribution in [0.3, 0.4) is 0 Å². The van der Waals surface area contributed by atoms with Crippen molar-refractivity contribution in [1.29, 1.82) is 0 Å². The van der Waals surface area contributed by atoms with Gasteiger partial charge in [-0.1, -0.05) is 45.0 Å². The van der Waals surface area contributed by atoms with Gasteiger partial charge in [-0.2, -0.15) is 5.10 Å². The molecule has 1 aromatic heterocycles. The van der Waals surface area contributed by atoms with Crippen LogP contribution in [0.5, 0.6) is 0 Å². The molecule has 0 fully saturated rings. The van der Waals surface area contributed by atoms with Gasteiger partial charge in [0, 0.05) is 18.3 Å². The number of carbonyl (C=O) groups excluding carboxylic acids is 1. The molecular weight excluding hydrogens is 382 g/mol. The summed E-state index contributed by atoms with van der Waals surface area (Å²) in [5, 5.41) is 4.54. The van der Waals surface area contributed by atoms with Crippen LogP contribution in [0.15, 0.2) is 35.3 Å². The van der Waals surface area contributed by atoms with Crippen LogP contribution in [-0.4, -0.2) is 42.1 Å². The lowest BCUT2D eigenvalue weighted by atomic mass is 9.86. The highest BCUT2D eigenvalue weighted by molar-refractivity contribution is 6.03. The van der Waals surface area contributed by atoms with Gasteiger partial charge in [-0.05, 0) is 36.5 Å². The zero-order chi connectivity index (χ0) is 21.9. The highest BCUT2D eigenvalue weighted by Crippen LogP contribution is 2.35. The molecule has 0 spiro atoms. The fourth-order valence-electron chi connectivity index (χ4n) is 3.23. The van der Waals surface area contributed by atoms with E-state index in [1.165, 1.54) is 12.7 Å². The lowest BCUT2D eigenvalue weighted by molar-refractivity contribution is 0.00339. The number of aromatic nitrogens is 2. The maximum atomic E-state index is 11.4. The number of hydrogen-bond donors (Lipinski definition) is 0. The average molecular weight is 412 g/mol. The fraction of sp³-hybridized carbons (Fsp3) is 0.435.